The first-order valence-electron chi connectivity index (χ1n) is 2.94. The maximum Gasteiger partial charge on any atom is 0.0692 e. The maximum absolute atomic E-state index is 11.2. The van der Waals surface area contributed by atoms with Gasteiger partial charge in [0.1, 0.15) is 0 Å². The summed E-state index contributed by atoms with van der Waals surface area (Å²) < 4.78 is 4.85. The third kappa shape index (κ3) is 9.18. The maximum atomic E-state index is 11.2. The van der Waals surface area contributed by atoms with Gasteiger partial charge in [-0.3, -0.25) is 0 Å². The average Bonchev–Trinajstić information content (AvgIpc) is 1.97. The molecule has 0 bridgehead atoms. The van der Waals surface area contributed by atoms with Crippen molar-refractivity contribution in [2.75, 3.05) is 12.4 Å². The smallest absolute Gasteiger partial charge is 0.0692 e. The van der Waals surface area contributed by atoms with Gasteiger partial charge in [0.2, 0.25) is 0 Å². The third-order valence-corrected chi connectivity index (χ3v) is 4.84. The molecule has 0 aromatic heterocycles. The molecule has 0 amide bonds. The molecule has 0 aliphatic carbocycles. The van der Waals surface area contributed by atoms with Gasteiger partial charge >= 0.3 is 0 Å². The van der Waals surface area contributed by atoms with Crippen LogP contribution in [0.2, 0.25) is 0 Å². The van der Waals surface area contributed by atoms with Crippen molar-refractivity contribution in [3.8, 4) is 0 Å². The molecule has 0 aromatic rings. The molecule has 0 N–H and O–H groups in total. The molecule has 12 heavy (non-hydrogen) atoms. The van der Waals surface area contributed by atoms with Gasteiger partial charge in [-0.1, -0.05) is 24.0 Å². The Kier molecular flexibility index (Phi) is 11.2. The SMILES string of the molecule is C=CCOP([O-])(=S)SCC=C.[Mo]. The van der Waals surface area contributed by atoms with Gasteiger partial charge in [-0.05, 0) is 0 Å². The molecule has 2 nitrogen and oxygen atoms in total. The molecular weight excluding hydrogens is 295 g/mol. The monoisotopic (exact) mass is 307 g/mol. The van der Waals surface area contributed by atoms with E-state index < -0.39 is 5.69 Å². The largest absolute Gasteiger partial charge is 0.793 e. The minimum absolute atomic E-state index is 0. The van der Waals surface area contributed by atoms with Crippen molar-refractivity contribution >= 4 is 28.9 Å². The molecule has 1 atom stereocenters. The van der Waals surface area contributed by atoms with Crippen molar-refractivity contribution in [3.63, 3.8) is 0 Å². The Bertz CT molecular complexity index is 170. The Labute approximate surface area is 96.6 Å². The number of hydrogen-bond donors (Lipinski definition) is 0. The van der Waals surface area contributed by atoms with Gasteiger partial charge in [-0.2, -0.15) is 0 Å². The van der Waals surface area contributed by atoms with E-state index in [0.717, 1.165) is 11.4 Å². The van der Waals surface area contributed by atoms with Crippen molar-refractivity contribution in [1.82, 2.24) is 0 Å². The van der Waals surface area contributed by atoms with Crippen LogP contribution in [-0.2, 0) is 37.4 Å². The van der Waals surface area contributed by atoms with Crippen molar-refractivity contribution in [1.29, 1.82) is 0 Å². The van der Waals surface area contributed by atoms with Gasteiger partial charge in [0.05, 0.1) is 6.61 Å². The van der Waals surface area contributed by atoms with E-state index in [1.54, 1.807) is 6.08 Å². The standard InChI is InChI=1S/C6H11O2PS2.Mo/c1-3-5-8-9(7,10)11-6-4-2;/h3-4H,1-2,5-6H2,(H,7,10);/p-1. The number of rotatable bonds is 6. The summed E-state index contributed by atoms with van der Waals surface area (Å²) in [5.74, 6) is 0.553. The van der Waals surface area contributed by atoms with Gasteiger partial charge in [-0.25, -0.2) is 0 Å². The third-order valence-electron chi connectivity index (χ3n) is 0.701. The zero-order chi connectivity index (χ0) is 8.74. The summed E-state index contributed by atoms with van der Waals surface area (Å²) in [6.07, 6.45) is 3.16. The minimum Gasteiger partial charge on any atom is -0.793 e. The van der Waals surface area contributed by atoms with E-state index in [9.17, 15) is 4.89 Å². The van der Waals surface area contributed by atoms with Crippen molar-refractivity contribution in [2.24, 2.45) is 0 Å². The second-order valence-electron chi connectivity index (χ2n) is 1.62. The van der Waals surface area contributed by atoms with E-state index in [2.05, 4.69) is 25.0 Å². The van der Waals surface area contributed by atoms with E-state index in [1.807, 2.05) is 0 Å². The van der Waals surface area contributed by atoms with Gasteiger partial charge in [0.25, 0.3) is 0 Å². The van der Waals surface area contributed by atoms with Gasteiger partial charge < -0.3 is 9.42 Å². The molecule has 0 aromatic carbocycles. The van der Waals surface area contributed by atoms with Crippen LogP contribution in [0.4, 0.5) is 0 Å². The van der Waals surface area contributed by atoms with E-state index in [-0.39, 0.29) is 27.7 Å². The summed E-state index contributed by atoms with van der Waals surface area (Å²) in [5.41, 5.74) is -2.87. The van der Waals surface area contributed by atoms with E-state index in [0.29, 0.717) is 5.75 Å². The molecule has 0 saturated carbocycles. The van der Waals surface area contributed by atoms with E-state index in [4.69, 9.17) is 4.52 Å². The molecule has 0 radical (unpaired) electrons. The molecule has 0 heterocycles. The molecule has 0 rings (SSSR count). The van der Waals surface area contributed by atoms with Gasteiger partial charge in [0, 0.05) is 32.5 Å². The van der Waals surface area contributed by atoms with Crippen molar-refractivity contribution in [2.45, 2.75) is 0 Å². The quantitative estimate of drug-likeness (QED) is 0.425. The molecule has 70 valence electrons. The fourth-order valence-corrected chi connectivity index (χ4v) is 2.98. The molecule has 0 saturated heterocycles. The second-order valence-corrected chi connectivity index (χ2v) is 7.71. The Morgan fingerprint density at radius 1 is 1.50 bits per heavy atom. The fourth-order valence-electron chi connectivity index (χ4n) is 0.325. The zero-order valence-corrected chi connectivity index (χ0v) is 11.0. The fraction of sp³-hybridized carbons (Fsp3) is 0.333. The molecular formula is C6H10MoO2PS2-. The molecule has 0 aliphatic heterocycles. The van der Waals surface area contributed by atoms with Crippen LogP contribution in [-0.4, -0.2) is 12.4 Å². The van der Waals surface area contributed by atoms with Crippen LogP contribution in [0.3, 0.4) is 0 Å². The molecule has 0 spiro atoms. The summed E-state index contributed by atoms with van der Waals surface area (Å²) in [6, 6.07) is 0. The molecule has 0 fully saturated rings. The van der Waals surface area contributed by atoms with Crippen LogP contribution in [0.5, 0.6) is 0 Å². The Balaban J connectivity index is 0. The first-order valence-corrected chi connectivity index (χ1v) is 7.17. The van der Waals surface area contributed by atoms with E-state index in [1.165, 1.54) is 6.08 Å². The summed E-state index contributed by atoms with van der Waals surface area (Å²) >= 11 is 5.78. The van der Waals surface area contributed by atoms with Crippen LogP contribution in [0.1, 0.15) is 0 Å². The average molecular weight is 305 g/mol. The van der Waals surface area contributed by atoms with Gasteiger partial charge in [-0.15, -0.1) is 24.5 Å². The first-order chi connectivity index (χ1) is 5.12. The summed E-state index contributed by atoms with van der Waals surface area (Å²) in [4.78, 5) is 11.2. The number of hydrogen-bond acceptors (Lipinski definition) is 4. The molecule has 0 aliphatic rings. The van der Waals surface area contributed by atoms with Crippen LogP contribution < -0.4 is 4.89 Å². The van der Waals surface area contributed by atoms with E-state index >= 15 is 0 Å². The zero-order valence-electron chi connectivity index (χ0n) is 6.47. The summed E-state index contributed by atoms with van der Waals surface area (Å²) in [5, 5.41) is 0. The van der Waals surface area contributed by atoms with Crippen molar-refractivity contribution in [3.05, 3.63) is 25.3 Å². The van der Waals surface area contributed by atoms with Crippen LogP contribution in [0.25, 0.3) is 0 Å². The molecule has 6 heteroatoms. The summed E-state index contributed by atoms with van der Waals surface area (Å²) in [6.45, 7) is 7.14. The predicted molar refractivity (Wildman–Crippen MR) is 53.1 cm³/mol. The first kappa shape index (κ1) is 15.6. The topological polar surface area (TPSA) is 32.3 Å². The van der Waals surface area contributed by atoms with Gasteiger partial charge in [0.15, 0.2) is 0 Å². The Morgan fingerprint density at radius 2 is 2.08 bits per heavy atom. The Morgan fingerprint density at radius 3 is 2.50 bits per heavy atom. The normalized spacial score (nSPS) is 14.1. The molecule has 1 unspecified atom stereocenters. The van der Waals surface area contributed by atoms with Crippen LogP contribution >= 0.6 is 17.1 Å². The van der Waals surface area contributed by atoms with Crippen molar-refractivity contribution < 1.29 is 30.5 Å². The second kappa shape index (κ2) is 8.68. The van der Waals surface area contributed by atoms with Crippen LogP contribution in [0, 0.1) is 0 Å². The van der Waals surface area contributed by atoms with Crippen LogP contribution in [0.15, 0.2) is 25.3 Å². The predicted octanol–water partition coefficient (Wildman–Crippen LogP) is 1.69. The summed E-state index contributed by atoms with van der Waals surface area (Å²) in [7, 11) is 0. The Hall–Kier alpha value is 1.09. The minimum atomic E-state index is -2.87.